The molecule has 316 valence electrons. The van der Waals surface area contributed by atoms with Gasteiger partial charge in [-0.05, 0) is 91.2 Å². The monoisotopic (exact) mass is 838 g/mol. The first-order valence-corrected chi connectivity index (χ1v) is 23.6. The Balaban J connectivity index is 0.000000349. The molecule has 0 saturated carbocycles. The summed E-state index contributed by atoms with van der Waals surface area (Å²) in [4.78, 5) is 46.1. The van der Waals surface area contributed by atoms with E-state index in [4.69, 9.17) is 33.9 Å². The van der Waals surface area contributed by atoms with Crippen LogP contribution in [0.15, 0.2) is 23.3 Å². The minimum atomic E-state index is -2.39. The number of aromatic hydroxyl groups is 2. The summed E-state index contributed by atoms with van der Waals surface area (Å²) in [5.74, 6) is -1.50. The average Bonchev–Trinajstić information content (AvgIpc) is 3.73. The molecule has 2 aliphatic heterocycles. The Labute approximate surface area is 333 Å². The molecular formula is C40H56O15P2. The Morgan fingerprint density at radius 2 is 1.11 bits per heavy atom. The highest BCUT2D eigenvalue weighted by atomic mass is 31.2. The van der Waals surface area contributed by atoms with Crippen molar-refractivity contribution in [1.82, 2.24) is 0 Å². The fourth-order valence-corrected chi connectivity index (χ4v) is 6.17. The highest BCUT2D eigenvalue weighted by molar-refractivity contribution is 7.62. The van der Waals surface area contributed by atoms with Crippen molar-refractivity contribution < 1.29 is 72.4 Å². The number of benzene rings is 2. The second kappa shape index (κ2) is 21.3. The van der Waals surface area contributed by atoms with Crippen LogP contribution in [0, 0.1) is 13.8 Å². The lowest BCUT2D eigenvalue weighted by Crippen LogP contribution is -2.06. The van der Waals surface area contributed by atoms with E-state index in [1.165, 1.54) is 14.2 Å². The van der Waals surface area contributed by atoms with Gasteiger partial charge in [-0.2, -0.15) is 0 Å². The van der Waals surface area contributed by atoms with Crippen LogP contribution in [0.25, 0.3) is 0 Å². The second-order valence-electron chi connectivity index (χ2n) is 14.7. The van der Waals surface area contributed by atoms with Crippen LogP contribution in [0.3, 0.4) is 0 Å². The number of rotatable bonds is 15. The van der Waals surface area contributed by atoms with Gasteiger partial charge in [-0.3, -0.25) is 9.59 Å². The van der Waals surface area contributed by atoms with Gasteiger partial charge in [0.1, 0.15) is 68.0 Å². The second-order valence-corrected chi connectivity index (χ2v) is 21.5. The molecule has 0 spiro atoms. The van der Waals surface area contributed by atoms with Crippen LogP contribution < -0.4 is 9.47 Å². The summed E-state index contributed by atoms with van der Waals surface area (Å²) >= 11 is 0. The van der Waals surface area contributed by atoms with Crippen molar-refractivity contribution in [2.45, 2.75) is 79.4 Å². The normalized spacial score (nSPS) is 13.6. The van der Waals surface area contributed by atoms with Crippen molar-refractivity contribution in [2.24, 2.45) is 0 Å². The summed E-state index contributed by atoms with van der Waals surface area (Å²) in [6, 6.07) is 0. The van der Waals surface area contributed by atoms with E-state index in [0.717, 1.165) is 22.3 Å². The van der Waals surface area contributed by atoms with Crippen LogP contribution in [0.5, 0.6) is 23.0 Å². The van der Waals surface area contributed by atoms with Crippen molar-refractivity contribution >= 4 is 38.2 Å². The van der Waals surface area contributed by atoms with E-state index >= 15 is 0 Å². The van der Waals surface area contributed by atoms with Crippen LogP contribution in [0.2, 0.25) is 0 Å². The Bertz CT molecular complexity index is 2000. The quantitative estimate of drug-likeness (QED) is 0.0609. The molecular weight excluding hydrogens is 782 g/mol. The van der Waals surface area contributed by atoms with Gasteiger partial charge in [0.25, 0.3) is 0 Å². The molecule has 57 heavy (non-hydrogen) atoms. The molecule has 15 nitrogen and oxygen atoms in total. The smallest absolute Gasteiger partial charge is 0.342 e. The molecule has 0 amide bonds. The molecule has 17 heteroatoms. The third kappa shape index (κ3) is 14.1. The van der Waals surface area contributed by atoms with E-state index in [0.29, 0.717) is 59.4 Å². The van der Waals surface area contributed by atoms with Crippen LogP contribution >= 0.6 is 14.3 Å². The number of ether oxygens (including phenoxy) is 5. The Morgan fingerprint density at radius 1 is 0.719 bits per heavy atom. The third-order valence-electron chi connectivity index (χ3n) is 8.94. The third-order valence-corrected chi connectivity index (χ3v) is 10.4. The van der Waals surface area contributed by atoms with Crippen LogP contribution in [0.1, 0.15) is 93.6 Å². The summed E-state index contributed by atoms with van der Waals surface area (Å²) < 4.78 is 47.8. The summed E-state index contributed by atoms with van der Waals surface area (Å²) in [5, 5.41) is 37.9. The number of carboxylic acid groups (broad SMARTS) is 1. The summed E-state index contributed by atoms with van der Waals surface area (Å²) in [7, 11) is -1.45. The number of aliphatic hydroxyl groups is 1. The maximum atomic E-state index is 11.9. The first kappa shape index (κ1) is 48.6. The average molecular weight is 839 g/mol. The van der Waals surface area contributed by atoms with E-state index in [1.807, 2.05) is 39.8 Å². The number of cyclic esters (lactones) is 2. The number of phenols is 2. The van der Waals surface area contributed by atoms with Crippen molar-refractivity contribution in [2.75, 3.05) is 53.6 Å². The zero-order valence-electron chi connectivity index (χ0n) is 34.4. The molecule has 0 radical (unpaired) electrons. The number of phenolic OH excluding ortho intramolecular Hbond substituents is 2. The predicted molar refractivity (Wildman–Crippen MR) is 215 cm³/mol. The van der Waals surface area contributed by atoms with Crippen molar-refractivity contribution in [1.29, 1.82) is 0 Å². The first-order valence-electron chi connectivity index (χ1n) is 18.0. The number of fused-ring (bicyclic) bond motifs is 2. The molecule has 0 atom stereocenters. The predicted octanol–water partition coefficient (Wildman–Crippen LogP) is 7.06. The molecule has 0 unspecified atom stereocenters. The molecule has 4 N–H and O–H groups in total. The minimum absolute atomic E-state index is 0.0514. The van der Waals surface area contributed by atoms with Gasteiger partial charge < -0.3 is 53.2 Å². The number of aliphatic hydroxyl groups excluding tert-OH is 1. The summed E-state index contributed by atoms with van der Waals surface area (Å²) in [5.41, 5.74) is 6.10. The van der Waals surface area contributed by atoms with Gasteiger partial charge in [0.15, 0.2) is 0 Å². The number of hydrogen-bond donors (Lipinski definition) is 4. The van der Waals surface area contributed by atoms with E-state index in [-0.39, 0.29) is 61.4 Å². The van der Waals surface area contributed by atoms with Crippen LogP contribution in [0.4, 0.5) is 0 Å². The van der Waals surface area contributed by atoms with E-state index < -0.39 is 38.2 Å². The van der Waals surface area contributed by atoms with Crippen molar-refractivity contribution in [3.05, 3.63) is 67.8 Å². The molecule has 2 aliphatic rings. The number of aliphatic carboxylic acids is 1. The molecule has 0 aromatic heterocycles. The van der Waals surface area contributed by atoms with E-state index in [1.54, 1.807) is 26.7 Å². The molecule has 0 aliphatic carbocycles. The lowest BCUT2D eigenvalue weighted by Gasteiger charge is -2.15. The summed E-state index contributed by atoms with van der Waals surface area (Å²) in [6.07, 6.45) is 5.33. The Morgan fingerprint density at radius 3 is 1.44 bits per heavy atom. The lowest BCUT2D eigenvalue weighted by molar-refractivity contribution is -0.141. The maximum Gasteiger partial charge on any atom is 0.342 e. The SMILES string of the molecule is COc1c(C)c2c(c(O)c1C/C=C(\C)CCC(=O)O)C(=O)OC2.COc1c(C)c2c(c(O)c1C/C=C(\C)CCC(=O)OCP(C)(C)=O)C(=O)OC2.CP(C)(=O)CO. The van der Waals surface area contributed by atoms with Gasteiger partial charge in [-0.25, -0.2) is 9.59 Å². The number of allylic oxidation sites excluding steroid dienone is 4. The maximum absolute atomic E-state index is 11.9. The van der Waals surface area contributed by atoms with Crippen LogP contribution in [-0.4, -0.2) is 97.9 Å². The lowest BCUT2D eigenvalue weighted by atomic mass is 9.94. The Hall–Kier alpha value is -4.58. The van der Waals surface area contributed by atoms with E-state index in [9.17, 15) is 38.5 Å². The molecule has 2 heterocycles. The zero-order chi connectivity index (χ0) is 43.4. The minimum Gasteiger partial charge on any atom is -0.507 e. The fraction of sp³-hybridized carbons (Fsp3) is 0.500. The summed E-state index contributed by atoms with van der Waals surface area (Å²) in [6.45, 7) is 13.9. The topological polar surface area (TPSA) is 229 Å². The molecule has 2 aromatic carbocycles. The van der Waals surface area contributed by atoms with Gasteiger partial charge in [-0.1, -0.05) is 23.3 Å². The number of carboxylic acids is 1. The van der Waals surface area contributed by atoms with Gasteiger partial charge >= 0.3 is 23.9 Å². The van der Waals surface area contributed by atoms with Crippen molar-refractivity contribution in [3.8, 4) is 23.0 Å². The van der Waals surface area contributed by atoms with Gasteiger partial charge in [0.05, 0.1) is 20.6 Å². The Kier molecular flexibility index (Phi) is 18.1. The molecule has 4 rings (SSSR count). The molecule has 0 saturated heterocycles. The van der Waals surface area contributed by atoms with Crippen LogP contribution in [-0.2, 0) is 59.0 Å². The van der Waals surface area contributed by atoms with Gasteiger partial charge in [-0.15, -0.1) is 0 Å². The number of methoxy groups -OCH3 is 2. The van der Waals surface area contributed by atoms with Crippen molar-refractivity contribution in [3.63, 3.8) is 0 Å². The molecule has 0 fully saturated rings. The largest absolute Gasteiger partial charge is 0.507 e. The molecule has 0 bridgehead atoms. The number of carbonyl (C=O) groups excluding carboxylic acids is 3. The number of carbonyl (C=O) groups is 4. The first-order chi connectivity index (χ1) is 26.5. The van der Waals surface area contributed by atoms with Gasteiger partial charge in [0, 0.05) is 35.1 Å². The zero-order valence-corrected chi connectivity index (χ0v) is 36.2. The van der Waals surface area contributed by atoms with Gasteiger partial charge in [0.2, 0.25) is 0 Å². The molecule has 2 aromatic rings. The van der Waals surface area contributed by atoms with E-state index in [2.05, 4.69) is 0 Å². The highest BCUT2D eigenvalue weighted by Crippen LogP contribution is 2.43. The fourth-order valence-electron chi connectivity index (χ4n) is 5.72. The number of esters is 3. The number of hydrogen-bond acceptors (Lipinski definition) is 14. The standard InChI is InChI=1S/C20H27O7P.C17H20O6.C3H9O2P/c1-12(7-9-16(21)27-11-28(4,5)24)6-8-14-18(22)17-15(10-26-20(17)23)13(2)19(14)25-3;1-9(5-7-13(18)19)4-6-11-15(20)14-12(8-23-17(14)21)10(2)16(11)22-3;1-6(2,5)3-4/h6,22H,7-11H2,1-5H3;4,20H,5-8H2,1-3H3,(H,18,19);4H,3H2,1-2H3/b12-6+;9-4+;. The highest BCUT2D eigenvalue weighted by Gasteiger charge is 2.33.